The van der Waals surface area contributed by atoms with Crippen LogP contribution < -0.4 is 5.32 Å². The summed E-state index contributed by atoms with van der Waals surface area (Å²) in [6, 6.07) is 3.28. The molecule has 0 radical (unpaired) electrons. The van der Waals surface area contributed by atoms with Crippen molar-refractivity contribution < 1.29 is 14.3 Å². The summed E-state index contributed by atoms with van der Waals surface area (Å²) in [5, 5.41) is 12.2. The van der Waals surface area contributed by atoms with Crippen LogP contribution in [-0.4, -0.2) is 17.6 Å². The lowest BCUT2D eigenvalue weighted by molar-refractivity contribution is 0.0659. The molecule has 1 rings (SSSR count). The van der Waals surface area contributed by atoms with Crippen LogP contribution in [0.25, 0.3) is 0 Å². The maximum atomic E-state index is 10.8. The smallest absolute Gasteiger partial charge is 0.371 e. The van der Waals surface area contributed by atoms with Crippen LogP contribution in [0, 0.1) is 5.92 Å². The molecular formula is C15H25NO3. The van der Waals surface area contributed by atoms with Crippen molar-refractivity contribution in [3.63, 3.8) is 0 Å². The number of hydrogen-bond donors (Lipinski definition) is 2. The van der Waals surface area contributed by atoms with Crippen LogP contribution in [0.1, 0.15) is 68.8 Å². The predicted molar refractivity (Wildman–Crippen MR) is 75.4 cm³/mol. The summed E-state index contributed by atoms with van der Waals surface area (Å²) in [5.41, 5.74) is 0. The Kier molecular flexibility index (Phi) is 6.64. The Bertz CT molecular complexity index is 386. The molecule has 0 amide bonds. The van der Waals surface area contributed by atoms with Crippen molar-refractivity contribution in [2.75, 3.05) is 6.54 Å². The number of unbranched alkanes of at least 4 members (excludes halogenated alkanes) is 1. The van der Waals surface area contributed by atoms with Gasteiger partial charge in [-0.15, -0.1) is 0 Å². The number of carbonyl (C=O) groups is 1. The molecular weight excluding hydrogens is 242 g/mol. The van der Waals surface area contributed by atoms with E-state index in [1.165, 1.54) is 25.3 Å². The standard InChI is InChI=1S/C15H25NO3/c1-4-6-7-12(5-2)10-16-11(3)13-8-9-14(19-13)15(17)18/h8-9,11-12,16H,4-7,10H2,1-3H3,(H,17,18). The summed E-state index contributed by atoms with van der Waals surface area (Å²) in [7, 11) is 0. The van der Waals surface area contributed by atoms with Crippen LogP contribution >= 0.6 is 0 Å². The minimum atomic E-state index is -1.02. The maximum absolute atomic E-state index is 10.8. The van der Waals surface area contributed by atoms with Crippen molar-refractivity contribution in [2.45, 2.75) is 52.5 Å². The van der Waals surface area contributed by atoms with Gasteiger partial charge < -0.3 is 14.8 Å². The van der Waals surface area contributed by atoms with Gasteiger partial charge >= 0.3 is 5.97 Å². The summed E-state index contributed by atoms with van der Waals surface area (Å²) >= 11 is 0. The molecule has 2 N–H and O–H groups in total. The van der Waals surface area contributed by atoms with E-state index in [2.05, 4.69) is 19.2 Å². The number of furan rings is 1. The fourth-order valence-electron chi connectivity index (χ4n) is 2.09. The lowest BCUT2D eigenvalue weighted by atomic mass is 9.99. The van der Waals surface area contributed by atoms with Gasteiger partial charge in [-0.25, -0.2) is 4.79 Å². The molecule has 1 aromatic rings. The Labute approximate surface area is 115 Å². The molecule has 0 bridgehead atoms. The highest BCUT2D eigenvalue weighted by molar-refractivity contribution is 5.84. The Hall–Kier alpha value is -1.29. The van der Waals surface area contributed by atoms with E-state index in [4.69, 9.17) is 9.52 Å². The van der Waals surface area contributed by atoms with Gasteiger partial charge in [0.05, 0.1) is 6.04 Å². The highest BCUT2D eigenvalue weighted by atomic mass is 16.4. The largest absolute Gasteiger partial charge is 0.475 e. The maximum Gasteiger partial charge on any atom is 0.371 e. The van der Waals surface area contributed by atoms with Crippen LogP contribution in [0.15, 0.2) is 16.5 Å². The van der Waals surface area contributed by atoms with Gasteiger partial charge in [-0.05, 0) is 37.9 Å². The number of nitrogens with one attached hydrogen (secondary N) is 1. The second kappa shape index (κ2) is 8.00. The summed E-state index contributed by atoms with van der Waals surface area (Å²) in [5.74, 6) is 0.341. The molecule has 19 heavy (non-hydrogen) atoms. The summed E-state index contributed by atoms with van der Waals surface area (Å²) in [4.78, 5) is 10.8. The zero-order valence-electron chi connectivity index (χ0n) is 12.1. The number of hydrogen-bond acceptors (Lipinski definition) is 3. The number of carboxylic acids is 1. The topological polar surface area (TPSA) is 62.5 Å². The average Bonchev–Trinajstić information content (AvgIpc) is 2.88. The normalized spacial score (nSPS) is 14.3. The van der Waals surface area contributed by atoms with Crippen molar-refractivity contribution in [3.8, 4) is 0 Å². The van der Waals surface area contributed by atoms with E-state index in [1.54, 1.807) is 6.07 Å². The third-order valence-corrected chi connectivity index (χ3v) is 3.52. The fraction of sp³-hybridized carbons (Fsp3) is 0.667. The molecule has 1 heterocycles. The van der Waals surface area contributed by atoms with Gasteiger partial charge in [0.15, 0.2) is 0 Å². The van der Waals surface area contributed by atoms with Crippen LogP contribution in [-0.2, 0) is 0 Å². The van der Waals surface area contributed by atoms with Gasteiger partial charge in [0.2, 0.25) is 5.76 Å². The molecule has 108 valence electrons. The van der Waals surface area contributed by atoms with Crippen LogP contribution in [0.4, 0.5) is 0 Å². The minimum Gasteiger partial charge on any atom is -0.475 e. The van der Waals surface area contributed by atoms with Crippen molar-refractivity contribution in [2.24, 2.45) is 5.92 Å². The molecule has 4 heteroatoms. The van der Waals surface area contributed by atoms with Gasteiger partial charge in [0.1, 0.15) is 5.76 Å². The van der Waals surface area contributed by atoms with Gasteiger partial charge in [-0.1, -0.05) is 33.1 Å². The van der Waals surface area contributed by atoms with Gasteiger partial charge in [0, 0.05) is 0 Å². The Morgan fingerprint density at radius 3 is 2.68 bits per heavy atom. The van der Waals surface area contributed by atoms with E-state index in [-0.39, 0.29) is 11.8 Å². The van der Waals surface area contributed by atoms with E-state index < -0.39 is 5.97 Å². The monoisotopic (exact) mass is 267 g/mol. The number of carboxylic acid groups (broad SMARTS) is 1. The van der Waals surface area contributed by atoms with Crippen LogP contribution in [0.2, 0.25) is 0 Å². The molecule has 0 aliphatic rings. The van der Waals surface area contributed by atoms with Crippen LogP contribution in [0.5, 0.6) is 0 Å². The first-order chi connectivity index (χ1) is 9.08. The summed E-state index contributed by atoms with van der Waals surface area (Å²) in [6.45, 7) is 7.36. The molecule has 0 saturated heterocycles. The first kappa shape index (κ1) is 15.8. The van der Waals surface area contributed by atoms with E-state index in [9.17, 15) is 4.79 Å². The molecule has 0 fully saturated rings. The van der Waals surface area contributed by atoms with Gasteiger partial charge in [0.25, 0.3) is 0 Å². The molecule has 0 aliphatic carbocycles. The lowest BCUT2D eigenvalue weighted by Crippen LogP contribution is -2.25. The van der Waals surface area contributed by atoms with E-state index in [0.717, 1.165) is 13.0 Å². The second-order valence-corrected chi connectivity index (χ2v) is 5.05. The molecule has 0 spiro atoms. The second-order valence-electron chi connectivity index (χ2n) is 5.05. The first-order valence-electron chi connectivity index (χ1n) is 7.14. The molecule has 0 aromatic carbocycles. The molecule has 0 saturated carbocycles. The quantitative estimate of drug-likeness (QED) is 0.713. The lowest BCUT2D eigenvalue weighted by Gasteiger charge is -2.18. The molecule has 2 unspecified atom stereocenters. The summed E-state index contributed by atoms with van der Waals surface area (Å²) in [6.07, 6.45) is 4.90. The average molecular weight is 267 g/mol. The van der Waals surface area contributed by atoms with E-state index in [0.29, 0.717) is 11.7 Å². The number of rotatable bonds is 9. The fourth-order valence-corrected chi connectivity index (χ4v) is 2.09. The summed E-state index contributed by atoms with van der Waals surface area (Å²) < 4.78 is 5.29. The van der Waals surface area contributed by atoms with Crippen molar-refractivity contribution in [1.29, 1.82) is 0 Å². The van der Waals surface area contributed by atoms with Crippen molar-refractivity contribution in [1.82, 2.24) is 5.32 Å². The van der Waals surface area contributed by atoms with Gasteiger partial charge in [-0.3, -0.25) is 0 Å². The van der Waals surface area contributed by atoms with Crippen LogP contribution in [0.3, 0.4) is 0 Å². The highest BCUT2D eigenvalue weighted by Gasteiger charge is 2.15. The first-order valence-corrected chi connectivity index (χ1v) is 7.14. The van der Waals surface area contributed by atoms with Crippen molar-refractivity contribution >= 4 is 5.97 Å². The Balaban J connectivity index is 2.44. The predicted octanol–water partition coefficient (Wildman–Crippen LogP) is 3.84. The highest BCUT2D eigenvalue weighted by Crippen LogP contribution is 2.18. The van der Waals surface area contributed by atoms with Crippen molar-refractivity contribution in [3.05, 3.63) is 23.7 Å². The minimum absolute atomic E-state index is 0.00155. The van der Waals surface area contributed by atoms with E-state index in [1.807, 2.05) is 6.92 Å². The van der Waals surface area contributed by atoms with E-state index >= 15 is 0 Å². The third kappa shape index (κ3) is 5.07. The zero-order valence-corrected chi connectivity index (χ0v) is 12.1. The molecule has 1 aromatic heterocycles. The molecule has 2 atom stereocenters. The van der Waals surface area contributed by atoms with Gasteiger partial charge in [-0.2, -0.15) is 0 Å². The Morgan fingerprint density at radius 2 is 2.16 bits per heavy atom. The zero-order chi connectivity index (χ0) is 14.3. The SMILES string of the molecule is CCCCC(CC)CNC(C)c1ccc(C(=O)O)o1. The Morgan fingerprint density at radius 1 is 1.42 bits per heavy atom. The molecule has 4 nitrogen and oxygen atoms in total. The number of aromatic carboxylic acids is 1. The molecule has 0 aliphatic heterocycles. The third-order valence-electron chi connectivity index (χ3n) is 3.52.